The van der Waals surface area contributed by atoms with E-state index < -0.39 is 0 Å². The van der Waals surface area contributed by atoms with E-state index in [0.29, 0.717) is 6.04 Å². The van der Waals surface area contributed by atoms with Crippen molar-refractivity contribution in [1.29, 1.82) is 0 Å². The molecule has 0 bridgehead atoms. The molecule has 1 aromatic rings. The van der Waals surface area contributed by atoms with Crippen LogP contribution in [0.2, 0.25) is 0 Å². The van der Waals surface area contributed by atoms with Gasteiger partial charge >= 0.3 is 0 Å². The lowest BCUT2D eigenvalue weighted by Gasteiger charge is -2.28. The Labute approximate surface area is 113 Å². The Balaban J connectivity index is 2.04. The van der Waals surface area contributed by atoms with Crippen LogP contribution in [0.5, 0.6) is 0 Å². The molecule has 0 amide bonds. The van der Waals surface area contributed by atoms with Gasteiger partial charge in [-0.05, 0) is 37.6 Å². The molecule has 1 fully saturated rings. The Morgan fingerprint density at radius 2 is 2.24 bits per heavy atom. The molecule has 0 aliphatic carbocycles. The van der Waals surface area contributed by atoms with Gasteiger partial charge in [-0.2, -0.15) is 0 Å². The fourth-order valence-corrected chi connectivity index (χ4v) is 2.88. The van der Waals surface area contributed by atoms with E-state index in [2.05, 4.69) is 57.3 Å². The molecule has 3 heteroatoms. The second-order valence-electron chi connectivity index (χ2n) is 4.71. The van der Waals surface area contributed by atoms with Crippen LogP contribution in [0.15, 0.2) is 28.7 Å². The first-order chi connectivity index (χ1) is 8.31. The topological polar surface area (TPSA) is 15.3 Å². The van der Waals surface area contributed by atoms with E-state index in [1.54, 1.807) is 0 Å². The summed E-state index contributed by atoms with van der Waals surface area (Å²) in [6.07, 6.45) is 2.51. The molecule has 1 unspecified atom stereocenters. The zero-order valence-corrected chi connectivity index (χ0v) is 12.0. The monoisotopic (exact) mass is 296 g/mol. The van der Waals surface area contributed by atoms with Crippen molar-refractivity contribution in [2.75, 3.05) is 19.6 Å². The molecule has 1 saturated heterocycles. The SMILES string of the molecule is CCCN(Cc1ccccc1Br)C1CCNC1. The van der Waals surface area contributed by atoms with E-state index in [9.17, 15) is 0 Å². The summed E-state index contributed by atoms with van der Waals surface area (Å²) in [5.74, 6) is 0. The van der Waals surface area contributed by atoms with Crippen LogP contribution < -0.4 is 5.32 Å². The number of halogens is 1. The first-order valence-corrected chi connectivity index (χ1v) is 7.28. The molecule has 0 radical (unpaired) electrons. The highest BCUT2D eigenvalue weighted by Crippen LogP contribution is 2.20. The maximum atomic E-state index is 3.64. The van der Waals surface area contributed by atoms with Gasteiger partial charge in [-0.3, -0.25) is 4.90 Å². The summed E-state index contributed by atoms with van der Waals surface area (Å²) in [7, 11) is 0. The number of hydrogen-bond donors (Lipinski definition) is 1. The average molecular weight is 297 g/mol. The van der Waals surface area contributed by atoms with Crippen LogP contribution in [-0.2, 0) is 6.54 Å². The molecule has 17 heavy (non-hydrogen) atoms. The molecule has 1 aliphatic rings. The van der Waals surface area contributed by atoms with Crippen LogP contribution in [0, 0.1) is 0 Å². The van der Waals surface area contributed by atoms with Crippen LogP contribution in [-0.4, -0.2) is 30.6 Å². The molecule has 0 aromatic heterocycles. The third kappa shape index (κ3) is 3.54. The standard InChI is InChI=1S/C14H21BrN2/c1-2-9-17(13-7-8-16-10-13)11-12-5-3-4-6-14(12)15/h3-6,13,16H,2,7-11H2,1H3. The molecule has 2 rings (SSSR count). The minimum absolute atomic E-state index is 0.710. The lowest BCUT2D eigenvalue weighted by molar-refractivity contribution is 0.199. The third-order valence-electron chi connectivity index (χ3n) is 3.39. The lowest BCUT2D eigenvalue weighted by Crippen LogP contribution is -2.37. The van der Waals surface area contributed by atoms with Crippen molar-refractivity contribution in [3.63, 3.8) is 0 Å². The van der Waals surface area contributed by atoms with Gasteiger partial charge in [-0.15, -0.1) is 0 Å². The van der Waals surface area contributed by atoms with Crippen molar-refractivity contribution < 1.29 is 0 Å². The first-order valence-electron chi connectivity index (χ1n) is 6.49. The second-order valence-corrected chi connectivity index (χ2v) is 5.56. The van der Waals surface area contributed by atoms with Gasteiger partial charge in [0.15, 0.2) is 0 Å². The summed E-state index contributed by atoms with van der Waals surface area (Å²) < 4.78 is 1.23. The van der Waals surface area contributed by atoms with Crippen molar-refractivity contribution in [3.05, 3.63) is 34.3 Å². The molecule has 0 spiro atoms. The van der Waals surface area contributed by atoms with E-state index in [4.69, 9.17) is 0 Å². The van der Waals surface area contributed by atoms with Crippen molar-refractivity contribution in [2.45, 2.75) is 32.4 Å². The molecule has 1 N–H and O–H groups in total. The van der Waals surface area contributed by atoms with Crippen molar-refractivity contribution >= 4 is 15.9 Å². The van der Waals surface area contributed by atoms with Gasteiger partial charge in [-0.1, -0.05) is 41.1 Å². The Kier molecular flexibility index (Phi) is 5.01. The maximum Gasteiger partial charge on any atom is 0.0248 e. The Morgan fingerprint density at radius 3 is 2.88 bits per heavy atom. The van der Waals surface area contributed by atoms with Gasteiger partial charge in [0.1, 0.15) is 0 Å². The molecule has 1 heterocycles. The summed E-state index contributed by atoms with van der Waals surface area (Å²) in [4.78, 5) is 2.61. The van der Waals surface area contributed by atoms with E-state index in [-0.39, 0.29) is 0 Å². The molecular weight excluding hydrogens is 276 g/mol. The van der Waals surface area contributed by atoms with Crippen molar-refractivity contribution in [3.8, 4) is 0 Å². The summed E-state index contributed by atoms with van der Waals surface area (Å²) in [5, 5.41) is 3.46. The predicted molar refractivity (Wildman–Crippen MR) is 76.1 cm³/mol. The molecule has 1 aliphatic heterocycles. The van der Waals surface area contributed by atoms with E-state index >= 15 is 0 Å². The lowest BCUT2D eigenvalue weighted by atomic mass is 10.1. The van der Waals surface area contributed by atoms with Gasteiger partial charge in [0.25, 0.3) is 0 Å². The molecule has 94 valence electrons. The number of nitrogens with zero attached hydrogens (tertiary/aromatic N) is 1. The molecule has 1 aromatic carbocycles. The largest absolute Gasteiger partial charge is 0.315 e. The quantitative estimate of drug-likeness (QED) is 0.898. The molecular formula is C14H21BrN2. The first kappa shape index (κ1) is 13.1. The smallest absolute Gasteiger partial charge is 0.0248 e. The van der Waals surface area contributed by atoms with Gasteiger partial charge in [0.05, 0.1) is 0 Å². The van der Waals surface area contributed by atoms with Gasteiger partial charge in [-0.25, -0.2) is 0 Å². The Bertz CT molecular complexity index is 348. The highest BCUT2D eigenvalue weighted by Gasteiger charge is 2.21. The predicted octanol–water partition coefficient (Wildman–Crippen LogP) is 3.02. The number of nitrogens with one attached hydrogen (secondary N) is 1. The highest BCUT2D eigenvalue weighted by atomic mass is 79.9. The summed E-state index contributed by atoms with van der Waals surface area (Å²) in [5.41, 5.74) is 1.40. The van der Waals surface area contributed by atoms with Crippen LogP contribution in [0.25, 0.3) is 0 Å². The van der Waals surface area contributed by atoms with E-state index in [0.717, 1.165) is 13.1 Å². The van der Waals surface area contributed by atoms with Crippen LogP contribution >= 0.6 is 15.9 Å². The fraction of sp³-hybridized carbons (Fsp3) is 0.571. The maximum absolute atomic E-state index is 3.64. The fourth-order valence-electron chi connectivity index (χ4n) is 2.47. The molecule has 2 nitrogen and oxygen atoms in total. The van der Waals surface area contributed by atoms with E-state index in [1.165, 1.54) is 36.0 Å². The minimum Gasteiger partial charge on any atom is -0.315 e. The number of hydrogen-bond acceptors (Lipinski definition) is 2. The highest BCUT2D eigenvalue weighted by molar-refractivity contribution is 9.10. The zero-order valence-electron chi connectivity index (χ0n) is 10.5. The summed E-state index contributed by atoms with van der Waals surface area (Å²) in [6.45, 7) is 6.82. The normalized spacial score (nSPS) is 20.1. The minimum atomic E-state index is 0.710. The summed E-state index contributed by atoms with van der Waals surface area (Å²) >= 11 is 3.64. The third-order valence-corrected chi connectivity index (χ3v) is 4.17. The number of benzene rings is 1. The van der Waals surface area contributed by atoms with E-state index in [1.807, 2.05) is 0 Å². The van der Waals surface area contributed by atoms with Gasteiger partial charge in [0, 0.05) is 23.6 Å². The van der Waals surface area contributed by atoms with Crippen LogP contribution in [0.1, 0.15) is 25.3 Å². The number of rotatable bonds is 5. The van der Waals surface area contributed by atoms with Gasteiger partial charge < -0.3 is 5.32 Å². The van der Waals surface area contributed by atoms with Crippen molar-refractivity contribution in [1.82, 2.24) is 10.2 Å². The second kappa shape index (κ2) is 6.53. The zero-order chi connectivity index (χ0) is 12.1. The Morgan fingerprint density at radius 1 is 1.41 bits per heavy atom. The van der Waals surface area contributed by atoms with Crippen LogP contribution in [0.3, 0.4) is 0 Å². The molecule has 0 saturated carbocycles. The van der Waals surface area contributed by atoms with Crippen LogP contribution in [0.4, 0.5) is 0 Å². The Hall–Kier alpha value is -0.380. The van der Waals surface area contributed by atoms with Gasteiger partial charge in [0.2, 0.25) is 0 Å². The molecule has 1 atom stereocenters. The van der Waals surface area contributed by atoms with Crippen molar-refractivity contribution in [2.24, 2.45) is 0 Å². The average Bonchev–Trinajstić information content (AvgIpc) is 2.85. The summed E-state index contributed by atoms with van der Waals surface area (Å²) in [6, 6.07) is 9.26.